The van der Waals surface area contributed by atoms with Crippen LogP contribution >= 0.6 is 11.3 Å². The molecule has 5 nitrogen and oxygen atoms in total. The molecular formula is C17H20N2O3S. The van der Waals surface area contributed by atoms with Gasteiger partial charge in [-0.3, -0.25) is 9.69 Å². The van der Waals surface area contributed by atoms with Gasteiger partial charge in [0, 0.05) is 43.7 Å². The lowest BCUT2D eigenvalue weighted by Gasteiger charge is -2.35. The first kappa shape index (κ1) is 16.0. The van der Waals surface area contributed by atoms with E-state index in [-0.39, 0.29) is 5.91 Å². The molecule has 0 saturated carbocycles. The Hall–Kier alpha value is -1.89. The van der Waals surface area contributed by atoms with Crippen molar-refractivity contribution in [3.8, 4) is 0 Å². The lowest BCUT2D eigenvalue weighted by atomic mass is 10.2. The maximum Gasteiger partial charge on any atom is 0.246 e. The Morgan fingerprint density at radius 3 is 2.78 bits per heavy atom. The van der Waals surface area contributed by atoms with Crippen molar-refractivity contribution in [3.05, 3.63) is 52.6 Å². The number of rotatable bonds is 5. The van der Waals surface area contributed by atoms with Crippen molar-refractivity contribution in [3.63, 3.8) is 0 Å². The molecule has 1 aliphatic heterocycles. The third kappa shape index (κ3) is 4.31. The van der Waals surface area contributed by atoms with Crippen LogP contribution in [0.2, 0.25) is 0 Å². The minimum absolute atomic E-state index is 0.000134. The highest BCUT2D eigenvalue weighted by molar-refractivity contribution is 7.10. The van der Waals surface area contributed by atoms with Crippen LogP contribution in [0.3, 0.4) is 0 Å². The molecule has 1 unspecified atom stereocenters. The molecule has 1 atom stereocenters. The number of hydrogen-bond donors (Lipinski definition) is 1. The first-order valence-corrected chi connectivity index (χ1v) is 8.54. The van der Waals surface area contributed by atoms with Gasteiger partial charge in [-0.2, -0.15) is 0 Å². The van der Waals surface area contributed by atoms with Crippen LogP contribution in [0.15, 0.2) is 46.4 Å². The fraction of sp³-hybridized carbons (Fsp3) is 0.353. The van der Waals surface area contributed by atoms with E-state index in [0.717, 1.165) is 18.0 Å². The molecule has 23 heavy (non-hydrogen) atoms. The summed E-state index contributed by atoms with van der Waals surface area (Å²) in [7, 11) is 0. The molecule has 1 N–H and O–H groups in total. The largest absolute Gasteiger partial charge is 0.465 e. The molecule has 6 heteroatoms. The van der Waals surface area contributed by atoms with Crippen molar-refractivity contribution in [2.45, 2.75) is 6.10 Å². The van der Waals surface area contributed by atoms with Gasteiger partial charge in [-0.05, 0) is 29.7 Å². The van der Waals surface area contributed by atoms with Crippen molar-refractivity contribution < 1.29 is 14.3 Å². The van der Waals surface area contributed by atoms with Crippen LogP contribution < -0.4 is 0 Å². The maximum absolute atomic E-state index is 12.1. The molecule has 1 saturated heterocycles. The Morgan fingerprint density at radius 1 is 1.30 bits per heavy atom. The molecule has 0 aromatic carbocycles. The summed E-state index contributed by atoms with van der Waals surface area (Å²) in [6.07, 6.45) is 4.38. The number of thiophene rings is 1. The van der Waals surface area contributed by atoms with E-state index in [2.05, 4.69) is 4.90 Å². The highest BCUT2D eigenvalue weighted by atomic mass is 32.1. The van der Waals surface area contributed by atoms with Gasteiger partial charge in [0.25, 0.3) is 0 Å². The summed E-state index contributed by atoms with van der Waals surface area (Å²) < 4.78 is 5.17. The zero-order valence-corrected chi connectivity index (χ0v) is 13.6. The third-order valence-corrected chi connectivity index (χ3v) is 4.89. The Bertz CT molecular complexity index is 629. The van der Waals surface area contributed by atoms with Crippen LogP contribution in [0.25, 0.3) is 6.08 Å². The first-order valence-electron chi connectivity index (χ1n) is 7.67. The monoisotopic (exact) mass is 332 g/mol. The normalized spacial score (nSPS) is 17.7. The van der Waals surface area contributed by atoms with E-state index in [1.165, 1.54) is 0 Å². The molecule has 1 amide bonds. The van der Waals surface area contributed by atoms with Crippen LogP contribution in [0, 0.1) is 0 Å². The Balaban J connectivity index is 1.45. The van der Waals surface area contributed by atoms with Gasteiger partial charge in [-0.1, -0.05) is 6.07 Å². The van der Waals surface area contributed by atoms with Crippen LogP contribution in [0.5, 0.6) is 0 Å². The SMILES string of the molecule is O=C(/C=C/c1ccco1)N1CCN(CC(O)c2cccs2)CC1. The predicted molar refractivity (Wildman–Crippen MR) is 90.0 cm³/mol. The number of furan rings is 1. The van der Waals surface area contributed by atoms with Gasteiger partial charge in [0.05, 0.1) is 6.26 Å². The summed E-state index contributed by atoms with van der Waals surface area (Å²) in [5, 5.41) is 12.2. The molecule has 3 rings (SSSR count). The van der Waals surface area contributed by atoms with Gasteiger partial charge in [-0.15, -0.1) is 11.3 Å². The number of piperazine rings is 1. The molecule has 3 heterocycles. The molecule has 122 valence electrons. The molecule has 2 aromatic rings. The molecule has 0 spiro atoms. The topological polar surface area (TPSA) is 56.9 Å². The quantitative estimate of drug-likeness (QED) is 0.853. The second kappa shape index (κ2) is 7.59. The van der Waals surface area contributed by atoms with E-state index >= 15 is 0 Å². The Morgan fingerprint density at radius 2 is 2.13 bits per heavy atom. The first-order chi connectivity index (χ1) is 11.2. The van der Waals surface area contributed by atoms with Crippen LogP contribution in [-0.2, 0) is 4.79 Å². The fourth-order valence-corrected chi connectivity index (χ4v) is 3.31. The van der Waals surface area contributed by atoms with E-state index in [0.29, 0.717) is 25.4 Å². The van der Waals surface area contributed by atoms with Crippen molar-refractivity contribution in [1.29, 1.82) is 0 Å². The Kier molecular flexibility index (Phi) is 5.27. The fourth-order valence-electron chi connectivity index (χ4n) is 2.61. The van der Waals surface area contributed by atoms with Crippen molar-refractivity contribution in [1.82, 2.24) is 9.80 Å². The van der Waals surface area contributed by atoms with Gasteiger partial charge in [0.15, 0.2) is 0 Å². The van der Waals surface area contributed by atoms with Gasteiger partial charge >= 0.3 is 0 Å². The summed E-state index contributed by atoms with van der Waals surface area (Å²) in [5.74, 6) is 0.677. The molecular weight excluding hydrogens is 312 g/mol. The molecule has 1 fully saturated rings. The van der Waals surface area contributed by atoms with Crippen molar-refractivity contribution >= 4 is 23.3 Å². The summed E-state index contributed by atoms with van der Waals surface area (Å²) in [6, 6.07) is 7.51. The van der Waals surface area contributed by atoms with Gasteiger partial charge in [-0.25, -0.2) is 0 Å². The molecule has 0 bridgehead atoms. The highest BCUT2D eigenvalue weighted by Crippen LogP contribution is 2.20. The van der Waals surface area contributed by atoms with E-state index in [1.54, 1.807) is 35.8 Å². The van der Waals surface area contributed by atoms with Gasteiger partial charge in [0.2, 0.25) is 5.91 Å². The number of carbonyl (C=O) groups is 1. The van der Waals surface area contributed by atoms with E-state index < -0.39 is 6.10 Å². The summed E-state index contributed by atoms with van der Waals surface area (Å²) in [4.78, 5) is 17.2. The minimum atomic E-state index is -0.448. The zero-order chi connectivity index (χ0) is 16.1. The predicted octanol–water partition coefficient (Wildman–Crippen LogP) is 2.23. The zero-order valence-electron chi connectivity index (χ0n) is 12.8. The second-order valence-corrected chi connectivity index (χ2v) is 6.49. The number of β-amino-alcohol motifs (C(OH)–C–C–N with tert-alkyl or cyclic N) is 1. The summed E-state index contributed by atoms with van der Waals surface area (Å²) >= 11 is 1.57. The molecule has 0 aliphatic carbocycles. The smallest absolute Gasteiger partial charge is 0.246 e. The van der Waals surface area contributed by atoms with Crippen LogP contribution in [0.4, 0.5) is 0 Å². The van der Waals surface area contributed by atoms with E-state index in [1.807, 2.05) is 28.5 Å². The molecule has 2 aromatic heterocycles. The second-order valence-electron chi connectivity index (χ2n) is 5.51. The van der Waals surface area contributed by atoms with E-state index in [4.69, 9.17) is 4.42 Å². The average molecular weight is 332 g/mol. The van der Waals surface area contributed by atoms with Crippen molar-refractivity contribution in [2.24, 2.45) is 0 Å². The third-order valence-electron chi connectivity index (χ3n) is 3.92. The van der Waals surface area contributed by atoms with Crippen LogP contribution in [0.1, 0.15) is 16.7 Å². The number of aliphatic hydroxyl groups excluding tert-OH is 1. The lowest BCUT2D eigenvalue weighted by molar-refractivity contribution is -0.127. The Labute approximate surface area is 139 Å². The van der Waals surface area contributed by atoms with Gasteiger partial charge in [0.1, 0.15) is 11.9 Å². The van der Waals surface area contributed by atoms with Crippen molar-refractivity contribution in [2.75, 3.05) is 32.7 Å². The standard InChI is InChI=1S/C17H20N2O3S/c20-15(16-4-2-12-23-16)13-18-7-9-19(10-8-18)17(21)6-5-14-3-1-11-22-14/h1-6,11-12,15,20H,7-10,13H2/b6-5+. The van der Waals surface area contributed by atoms with E-state index in [9.17, 15) is 9.90 Å². The number of nitrogens with zero attached hydrogens (tertiary/aromatic N) is 2. The number of carbonyl (C=O) groups excluding carboxylic acids is 1. The minimum Gasteiger partial charge on any atom is -0.465 e. The highest BCUT2D eigenvalue weighted by Gasteiger charge is 2.22. The average Bonchev–Trinajstić information content (AvgIpc) is 3.26. The van der Waals surface area contributed by atoms with Gasteiger partial charge < -0.3 is 14.4 Å². The molecule has 0 radical (unpaired) electrons. The number of hydrogen-bond acceptors (Lipinski definition) is 5. The van der Waals surface area contributed by atoms with Crippen LogP contribution in [-0.4, -0.2) is 53.5 Å². The summed E-state index contributed by atoms with van der Waals surface area (Å²) in [5.41, 5.74) is 0. The number of aliphatic hydroxyl groups is 1. The lowest BCUT2D eigenvalue weighted by Crippen LogP contribution is -2.49. The summed E-state index contributed by atoms with van der Waals surface area (Å²) in [6.45, 7) is 3.54. The maximum atomic E-state index is 12.1. The molecule has 1 aliphatic rings. The number of amides is 1.